The summed E-state index contributed by atoms with van der Waals surface area (Å²) in [7, 11) is 3.77. The first-order chi connectivity index (χ1) is 10.0. The van der Waals surface area contributed by atoms with Crippen molar-refractivity contribution in [3.63, 3.8) is 0 Å². The van der Waals surface area contributed by atoms with Crippen LogP contribution in [0.3, 0.4) is 0 Å². The number of rotatable bonds is 4. The molecule has 1 heterocycles. The summed E-state index contributed by atoms with van der Waals surface area (Å²) in [5.41, 5.74) is 2.39. The van der Waals surface area contributed by atoms with Crippen LogP contribution in [0.25, 0.3) is 0 Å². The molecule has 0 bridgehead atoms. The first kappa shape index (κ1) is 14.8. The molecule has 0 aliphatic carbocycles. The van der Waals surface area contributed by atoms with E-state index in [0.717, 1.165) is 17.1 Å². The zero-order valence-corrected chi connectivity index (χ0v) is 12.4. The van der Waals surface area contributed by atoms with E-state index < -0.39 is 0 Å². The van der Waals surface area contributed by atoms with E-state index in [9.17, 15) is 4.79 Å². The number of aryl methyl sites for hydroxylation is 1. The lowest BCUT2D eigenvalue weighted by Gasteiger charge is -2.13. The average molecular weight is 285 g/mol. The Morgan fingerprint density at radius 1 is 1.19 bits per heavy atom. The fraction of sp³-hybridized carbons (Fsp3) is 0.267. The SMILES string of the molecule is Cc1cc(CNC(=O)Nc2ccccc2)nc(N(C)C)n1. The summed E-state index contributed by atoms with van der Waals surface area (Å²) in [6.07, 6.45) is 0. The first-order valence-corrected chi connectivity index (χ1v) is 6.66. The molecule has 1 aromatic heterocycles. The van der Waals surface area contributed by atoms with Crippen LogP contribution in [0.15, 0.2) is 36.4 Å². The van der Waals surface area contributed by atoms with Crippen LogP contribution in [0, 0.1) is 6.92 Å². The Labute approximate surface area is 124 Å². The van der Waals surface area contributed by atoms with Crippen LogP contribution < -0.4 is 15.5 Å². The van der Waals surface area contributed by atoms with E-state index in [1.54, 1.807) is 0 Å². The van der Waals surface area contributed by atoms with Crippen LogP contribution in [-0.4, -0.2) is 30.1 Å². The van der Waals surface area contributed by atoms with E-state index in [1.807, 2.05) is 62.3 Å². The van der Waals surface area contributed by atoms with Crippen molar-refractivity contribution in [2.45, 2.75) is 13.5 Å². The fourth-order valence-electron chi connectivity index (χ4n) is 1.78. The Bertz CT molecular complexity index is 613. The van der Waals surface area contributed by atoms with Gasteiger partial charge >= 0.3 is 6.03 Å². The van der Waals surface area contributed by atoms with E-state index in [2.05, 4.69) is 20.6 Å². The molecule has 0 radical (unpaired) electrons. The smallest absolute Gasteiger partial charge is 0.319 e. The van der Waals surface area contributed by atoms with Gasteiger partial charge in [0.1, 0.15) is 0 Å². The molecule has 0 atom stereocenters. The molecule has 0 aliphatic heterocycles. The molecular weight excluding hydrogens is 266 g/mol. The molecule has 0 saturated heterocycles. The van der Waals surface area contributed by atoms with E-state index in [0.29, 0.717) is 12.5 Å². The van der Waals surface area contributed by atoms with Gasteiger partial charge in [-0.25, -0.2) is 14.8 Å². The molecule has 0 fully saturated rings. The van der Waals surface area contributed by atoms with Gasteiger partial charge in [0.05, 0.1) is 12.2 Å². The van der Waals surface area contributed by atoms with Gasteiger partial charge in [-0.3, -0.25) is 0 Å². The highest BCUT2D eigenvalue weighted by Gasteiger charge is 2.06. The Morgan fingerprint density at radius 3 is 2.57 bits per heavy atom. The quantitative estimate of drug-likeness (QED) is 0.903. The molecule has 1 aromatic carbocycles. The number of nitrogens with zero attached hydrogens (tertiary/aromatic N) is 3. The van der Waals surface area contributed by atoms with Gasteiger partial charge in [-0.2, -0.15) is 0 Å². The van der Waals surface area contributed by atoms with E-state index in [-0.39, 0.29) is 6.03 Å². The number of nitrogens with one attached hydrogen (secondary N) is 2. The monoisotopic (exact) mass is 285 g/mol. The summed E-state index contributed by atoms with van der Waals surface area (Å²) in [6.45, 7) is 2.26. The van der Waals surface area contributed by atoms with Crippen molar-refractivity contribution in [2.75, 3.05) is 24.3 Å². The molecule has 0 spiro atoms. The third kappa shape index (κ3) is 4.45. The second kappa shape index (κ2) is 6.69. The van der Waals surface area contributed by atoms with Crippen molar-refractivity contribution in [1.29, 1.82) is 0 Å². The maximum Gasteiger partial charge on any atom is 0.319 e. The van der Waals surface area contributed by atoms with E-state index in [1.165, 1.54) is 0 Å². The van der Waals surface area contributed by atoms with Crippen LogP contribution in [0.4, 0.5) is 16.4 Å². The highest BCUT2D eigenvalue weighted by Crippen LogP contribution is 2.08. The number of aromatic nitrogens is 2. The number of benzene rings is 1. The standard InChI is InChI=1S/C15H19N5O/c1-11-9-13(18-14(17-11)20(2)3)10-16-15(21)19-12-7-5-4-6-8-12/h4-9H,10H2,1-3H3,(H2,16,19,21). The number of amides is 2. The zero-order valence-electron chi connectivity index (χ0n) is 12.4. The molecule has 6 heteroatoms. The van der Waals surface area contributed by atoms with Gasteiger partial charge in [-0.15, -0.1) is 0 Å². The summed E-state index contributed by atoms with van der Waals surface area (Å²) in [5.74, 6) is 0.635. The molecular formula is C15H19N5O. The molecule has 2 amide bonds. The minimum atomic E-state index is -0.260. The highest BCUT2D eigenvalue weighted by atomic mass is 16.2. The summed E-state index contributed by atoms with van der Waals surface area (Å²) in [5, 5.41) is 5.54. The lowest BCUT2D eigenvalue weighted by molar-refractivity contribution is 0.251. The minimum Gasteiger partial charge on any atom is -0.347 e. The number of hydrogen-bond donors (Lipinski definition) is 2. The summed E-state index contributed by atoms with van der Waals surface area (Å²) in [4.78, 5) is 22.3. The van der Waals surface area contributed by atoms with Crippen molar-refractivity contribution in [1.82, 2.24) is 15.3 Å². The predicted octanol–water partition coefficient (Wildman–Crippen LogP) is 2.17. The van der Waals surface area contributed by atoms with Crippen LogP contribution >= 0.6 is 0 Å². The number of anilines is 2. The van der Waals surface area contributed by atoms with Crippen molar-refractivity contribution >= 4 is 17.7 Å². The normalized spacial score (nSPS) is 10.0. The van der Waals surface area contributed by atoms with Gasteiger partial charge in [0.15, 0.2) is 0 Å². The fourth-order valence-corrected chi connectivity index (χ4v) is 1.78. The molecule has 21 heavy (non-hydrogen) atoms. The average Bonchev–Trinajstić information content (AvgIpc) is 2.45. The third-order valence-electron chi connectivity index (χ3n) is 2.76. The first-order valence-electron chi connectivity index (χ1n) is 6.66. The van der Waals surface area contributed by atoms with E-state index >= 15 is 0 Å². The minimum absolute atomic E-state index is 0.260. The van der Waals surface area contributed by atoms with Gasteiger partial charge in [-0.05, 0) is 25.1 Å². The predicted molar refractivity (Wildman–Crippen MR) is 83.4 cm³/mol. The zero-order chi connectivity index (χ0) is 15.2. The van der Waals surface area contributed by atoms with Crippen LogP contribution in [0.5, 0.6) is 0 Å². The number of carbonyl (C=O) groups is 1. The molecule has 2 rings (SSSR count). The van der Waals surface area contributed by atoms with Gasteiger partial charge in [0.2, 0.25) is 5.95 Å². The van der Waals surface area contributed by atoms with Gasteiger partial charge in [-0.1, -0.05) is 18.2 Å². The number of hydrogen-bond acceptors (Lipinski definition) is 4. The Hall–Kier alpha value is -2.63. The molecule has 2 aromatic rings. The molecule has 110 valence electrons. The lowest BCUT2D eigenvalue weighted by Crippen LogP contribution is -2.28. The maximum absolute atomic E-state index is 11.8. The molecule has 2 N–H and O–H groups in total. The highest BCUT2D eigenvalue weighted by molar-refractivity contribution is 5.89. The van der Waals surface area contributed by atoms with Gasteiger partial charge in [0.25, 0.3) is 0 Å². The van der Waals surface area contributed by atoms with E-state index in [4.69, 9.17) is 0 Å². The Kier molecular flexibility index (Phi) is 4.71. The molecule has 0 saturated carbocycles. The summed E-state index contributed by atoms with van der Waals surface area (Å²) >= 11 is 0. The maximum atomic E-state index is 11.8. The second-order valence-corrected chi connectivity index (χ2v) is 4.87. The number of urea groups is 1. The topological polar surface area (TPSA) is 70.2 Å². The van der Waals surface area contributed by atoms with Crippen LogP contribution in [-0.2, 0) is 6.54 Å². The van der Waals surface area contributed by atoms with Gasteiger partial charge in [0, 0.05) is 25.5 Å². The van der Waals surface area contributed by atoms with Crippen LogP contribution in [0.1, 0.15) is 11.4 Å². The third-order valence-corrected chi connectivity index (χ3v) is 2.76. The molecule has 6 nitrogen and oxygen atoms in total. The van der Waals surface area contributed by atoms with Crippen molar-refractivity contribution < 1.29 is 4.79 Å². The summed E-state index contributed by atoms with van der Waals surface area (Å²) in [6, 6.07) is 10.9. The van der Waals surface area contributed by atoms with Crippen LogP contribution in [0.2, 0.25) is 0 Å². The molecule has 0 aliphatic rings. The van der Waals surface area contributed by atoms with Crippen molar-refractivity contribution in [3.8, 4) is 0 Å². The largest absolute Gasteiger partial charge is 0.347 e. The van der Waals surface area contributed by atoms with Crippen molar-refractivity contribution in [3.05, 3.63) is 47.8 Å². The second-order valence-electron chi connectivity index (χ2n) is 4.87. The molecule has 0 unspecified atom stereocenters. The Morgan fingerprint density at radius 2 is 1.90 bits per heavy atom. The number of para-hydroxylation sites is 1. The summed E-state index contributed by atoms with van der Waals surface area (Å²) < 4.78 is 0. The van der Waals surface area contributed by atoms with Gasteiger partial charge < -0.3 is 15.5 Å². The van der Waals surface area contributed by atoms with Crippen molar-refractivity contribution in [2.24, 2.45) is 0 Å². The number of carbonyl (C=O) groups excluding carboxylic acids is 1. The lowest BCUT2D eigenvalue weighted by atomic mass is 10.3. The Balaban J connectivity index is 1.95.